The first-order chi connectivity index (χ1) is 7.15. The van der Waals surface area contributed by atoms with Crippen molar-refractivity contribution < 1.29 is 5.11 Å². The normalized spacial score (nSPS) is 22.8. The molecule has 4 heteroatoms. The van der Waals surface area contributed by atoms with Gasteiger partial charge in [-0.2, -0.15) is 5.10 Å². The molecule has 2 rings (SSSR count). The van der Waals surface area contributed by atoms with Crippen molar-refractivity contribution in [2.45, 2.75) is 39.0 Å². The van der Waals surface area contributed by atoms with E-state index in [0.29, 0.717) is 6.04 Å². The third-order valence-corrected chi connectivity index (χ3v) is 2.83. The fourth-order valence-corrected chi connectivity index (χ4v) is 1.93. The summed E-state index contributed by atoms with van der Waals surface area (Å²) in [6.07, 6.45) is 2.77. The minimum absolute atomic E-state index is 0.141. The highest BCUT2D eigenvalue weighted by molar-refractivity contribution is 5.00. The van der Waals surface area contributed by atoms with Crippen LogP contribution in [0.25, 0.3) is 0 Å². The van der Waals surface area contributed by atoms with Crippen LogP contribution in [-0.4, -0.2) is 39.0 Å². The molecule has 4 nitrogen and oxygen atoms in total. The Bertz CT molecular complexity index is 321. The van der Waals surface area contributed by atoms with Crippen LogP contribution in [0.3, 0.4) is 0 Å². The molecular formula is C11H19N3O. The molecule has 1 saturated heterocycles. The maximum absolute atomic E-state index is 9.40. The van der Waals surface area contributed by atoms with Crippen LogP contribution in [-0.2, 0) is 6.54 Å². The van der Waals surface area contributed by atoms with Gasteiger partial charge < -0.3 is 5.11 Å². The minimum atomic E-state index is -0.141. The van der Waals surface area contributed by atoms with Crippen LogP contribution in [0.5, 0.6) is 0 Å². The van der Waals surface area contributed by atoms with E-state index >= 15 is 0 Å². The second-order valence-corrected chi connectivity index (χ2v) is 4.56. The highest BCUT2D eigenvalue weighted by atomic mass is 16.3. The van der Waals surface area contributed by atoms with E-state index in [0.717, 1.165) is 31.7 Å². The maximum atomic E-state index is 9.40. The second kappa shape index (κ2) is 4.33. The lowest BCUT2D eigenvalue weighted by Crippen LogP contribution is -2.21. The average molecular weight is 209 g/mol. The topological polar surface area (TPSA) is 41.3 Å². The smallest absolute Gasteiger partial charge is 0.0764 e. The number of aliphatic hydroxyl groups excluding tert-OH is 1. The van der Waals surface area contributed by atoms with Gasteiger partial charge in [-0.15, -0.1) is 0 Å². The van der Waals surface area contributed by atoms with Crippen LogP contribution in [0.4, 0.5) is 0 Å². The number of likely N-dealkylation sites (tertiary alicyclic amines) is 1. The van der Waals surface area contributed by atoms with Gasteiger partial charge in [0.2, 0.25) is 0 Å². The van der Waals surface area contributed by atoms with Gasteiger partial charge in [-0.05, 0) is 26.3 Å². The number of aliphatic hydroxyl groups is 1. The minimum Gasteiger partial charge on any atom is -0.392 e. The molecule has 1 aromatic heterocycles. The van der Waals surface area contributed by atoms with Gasteiger partial charge in [-0.25, -0.2) is 0 Å². The molecule has 1 unspecified atom stereocenters. The van der Waals surface area contributed by atoms with Crippen molar-refractivity contribution in [3.05, 3.63) is 18.0 Å². The average Bonchev–Trinajstić information content (AvgIpc) is 2.76. The van der Waals surface area contributed by atoms with Crippen molar-refractivity contribution in [1.29, 1.82) is 0 Å². The molecule has 84 valence electrons. The third kappa shape index (κ3) is 2.58. The lowest BCUT2D eigenvalue weighted by Gasteiger charge is -2.12. The molecule has 1 fully saturated rings. The highest BCUT2D eigenvalue weighted by Gasteiger charge is 2.20. The Morgan fingerprint density at radius 2 is 2.40 bits per heavy atom. The summed E-state index contributed by atoms with van der Waals surface area (Å²) >= 11 is 0. The van der Waals surface area contributed by atoms with E-state index in [-0.39, 0.29) is 6.10 Å². The van der Waals surface area contributed by atoms with E-state index < -0.39 is 0 Å². The number of hydrogen-bond acceptors (Lipinski definition) is 3. The number of nitrogens with zero attached hydrogens (tertiary/aromatic N) is 3. The van der Waals surface area contributed by atoms with E-state index in [2.05, 4.69) is 29.9 Å². The van der Waals surface area contributed by atoms with Crippen molar-refractivity contribution >= 4 is 0 Å². The van der Waals surface area contributed by atoms with E-state index in [9.17, 15) is 5.11 Å². The van der Waals surface area contributed by atoms with Gasteiger partial charge in [0, 0.05) is 31.9 Å². The Balaban J connectivity index is 1.93. The predicted octanol–water partition coefficient (Wildman–Crippen LogP) is 1.03. The second-order valence-electron chi connectivity index (χ2n) is 4.56. The van der Waals surface area contributed by atoms with Gasteiger partial charge in [-0.3, -0.25) is 9.58 Å². The third-order valence-electron chi connectivity index (χ3n) is 2.83. The molecule has 1 atom stereocenters. The molecule has 0 aromatic carbocycles. The molecule has 2 heterocycles. The molecule has 1 aliphatic rings. The Kier molecular flexibility index (Phi) is 3.07. The molecule has 0 amide bonds. The first-order valence-corrected chi connectivity index (χ1v) is 5.59. The van der Waals surface area contributed by atoms with Gasteiger partial charge in [-0.1, -0.05) is 0 Å². The van der Waals surface area contributed by atoms with Crippen LogP contribution in [0.1, 0.15) is 32.0 Å². The zero-order valence-electron chi connectivity index (χ0n) is 9.43. The Hall–Kier alpha value is -0.870. The molecule has 0 bridgehead atoms. The fourth-order valence-electron chi connectivity index (χ4n) is 1.93. The monoisotopic (exact) mass is 209 g/mol. The summed E-state index contributed by atoms with van der Waals surface area (Å²) in [6.45, 7) is 6.87. The van der Waals surface area contributed by atoms with Crippen molar-refractivity contribution in [2.24, 2.45) is 0 Å². The van der Waals surface area contributed by atoms with E-state index in [1.165, 1.54) is 0 Å². The predicted molar refractivity (Wildman–Crippen MR) is 58.5 cm³/mol. The van der Waals surface area contributed by atoms with Crippen molar-refractivity contribution in [3.8, 4) is 0 Å². The van der Waals surface area contributed by atoms with Crippen molar-refractivity contribution in [1.82, 2.24) is 14.7 Å². The van der Waals surface area contributed by atoms with Gasteiger partial charge in [0.05, 0.1) is 11.8 Å². The molecular weight excluding hydrogens is 190 g/mol. The summed E-state index contributed by atoms with van der Waals surface area (Å²) in [5.74, 6) is 0. The van der Waals surface area contributed by atoms with Gasteiger partial charge in [0.25, 0.3) is 0 Å². The SMILES string of the molecule is CC(C)n1ccc(CN2CCC(O)C2)n1. The van der Waals surface area contributed by atoms with Crippen LogP contribution >= 0.6 is 0 Å². The standard InChI is InChI=1S/C11H19N3O/c1-9(2)14-6-3-10(12-14)7-13-5-4-11(15)8-13/h3,6,9,11,15H,4-5,7-8H2,1-2H3. The summed E-state index contributed by atoms with van der Waals surface area (Å²) in [4.78, 5) is 2.25. The van der Waals surface area contributed by atoms with Gasteiger partial charge in [0.15, 0.2) is 0 Å². The van der Waals surface area contributed by atoms with Crippen LogP contribution in [0, 0.1) is 0 Å². The molecule has 0 radical (unpaired) electrons. The highest BCUT2D eigenvalue weighted by Crippen LogP contribution is 2.13. The summed E-state index contributed by atoms with van der Waals surface area (Å²) in [5, 5.41) is 13.9. The molecule has 0 saturated carbocycles. The summed E-state index contributed by atoms with van der Waals surface area (Å²) < 4.78 is 1.97. The zero-order chi connectivity index (χ0) is 10.8. The first kappa shape index (κ1) is 10.6. The summed E-state index contributed by atoms with van der Waals surface area (Å²) in [6, 6.07) is 2.48. The van der Waals surface area contributed by atoms with Crippen LogP contribution in [0.2, 0.25) is 0 Å². The quantitative estimate of drug-likeness (QED) is 0.808. The summed E-state index contributed by atoms with van der Waals surface area (Å²) in [5.41, 5.74) is 1.10. The van der Waals surface area contributed by atoms with Gasteiger partial charge in [0.1, 0.15) is 0 Å². The van der Waals surface area contributed by atoms with E-state index in [1.807, 2.05) is 10.9 Å². The largest absolute Gasteiger partial charge is 0.392 e. The molecule has 1 aliphatic heterocycles. The number of rotatable bonds is 3. The molecule has 1 aromatic rings. The summed E-state index contributed by atoms with van der Waals surface area (Å²) in [7, 11) is 0. The Morgan fingerprint density at radius 1 is 1.60 bits per heavy atom. The van der Waals surface area contributed by atoms with Crippen LogP contribution < -0.4 is 0 Å². The van der Waals surface area contributed by atoms with Gasteiger partial charge >= 0.3 is 0 Å². The maximum Gasteiger partial charge on any atom is 0.0764 e. The Morgan fingerprint density at radius 3 is 2.93 bits per heavy atom. The lowest BCUT2D eigenvalue weighted by molar-refractivity contribution is 0.174. The molecule has 0 aliphatic carbocycles. The molecule has 15 heavy (non-hydrogen) atoms. The fraction of sp³-hybridized carbons (Fsp3) is 0.727. The number of aromatic nitrogens is 2. The van der Waals surface area contributed by atoms with Crippen LogP contribution in [0.15, 0.2) is 12.3 Å². The van der Waals surface area contributed by atoms with E-state index in [4.69, 9.17) is 0 Å². The van der Waals surface area contributed by atoms with Crippen molar-refractivity contribution in [3.63, 3.8) is 0 Å². The van der Waals surface area contributed by atoms with E-state index in [1.54, 1.807) is 0 Å². The zero-order valence-corrected chi connectivity index (χ0v) is 9.43. The number of β-amino-alcohol motifs (C(OH)–C–C–N with tert-alkyl or cyclic N) is 1. The van der Waals surface area contributed by atoms with Crippen molar-refractivity contribution in [2.75, 3.05) is 13.1 Å². The molecule has 1 N–H and O–H groups in total. The lowest BCUT2D eigenvalue weighted by atomic mass is 10.3. The first-order valence-electron chi connectivity index (χ1n) is 5.59. The number of hydrogen-bond donors (Lipinski definition) is 1. The Labute approximate surface area is 90.5 Å². The molecule has 0 spiro atoms.